The monoisotopic (exact) mass is 318 g/mol. The van der Waals surface area contributed by atoms with Crippen molar-refractivity contribution in [2.24, 2.45) is 0 Å². The summed E-state index contributed by atoms with van der Waals surface area (Å²) in [4.78, 5) is 14.5. The molecule has 0 atom stereocenters. The molecule has 2 fully saturated rings. The second-order valence-electron chi connectivity index (χ2n) is 7.38. The molecule has 5 nitrogen and oxygen atoms in total. The van der Waals surface area contributed by atoms with E-state index in [9.17, 15) is 4.79 Å². The average Bonchev–Trinajstić information content (AvgIpc) is 2.57. The van der Waals surface area contributed by atoms with Crippen LogP contribution in [0.2, 0.25) is 0 Å². The molecule has 1 saturated carbocycles. The first-order chi connectivity index (χ1) is 11.1. The third-order valence-corrected chi connectivity index (χ3v) is 5.52. The zero-order valence-electron chi connectivity index (χ0n) is 14.4. The molecule has 0 radical (unpaired) electrons. The molecule has 0 spiro atoms. The van der Waals surface area contributed by atoms with Crippen LogP contribution in [0.15, 0.2) is 23.1 Å². The van der Waals surface area contributed by atoms with Crippen molar-refractivity contribution in [3.8, 4) is 0 Å². The minimum Gasteiger partial charge on any atom is -0.311 e. The summed E-state index contributed by atoms with van der Waals surface area (Å²) >= 11 is 0. The number of hydrogen-bond donors (Lipinski definition) is 1. The summed E-state index contributed by atoms with van der Waals surface area (Å²) in [5, 5.41) is 8.12. The van der Waals surface area contributed by atoms with Gasteiger partial charge in [-0.1, -0.05) is 0 Å². The highest BCUT2D eigenvalue weighted by Crippen LogP contribution is 2.27. The zero-order chi connectivity index (χ0) is 16.2. The molecule has 1 aromatic rings. The first-order valence-electron chi connectivity index (χ1n) is 9.17. The zero-order valence-corrected chi connectivity index (χ0v) is 14.4. The Bertz CT molecular complexity index is 540. The van der Waals surface area contributed by atoms with Crippen molar-refractivity contribution >= 4 is 0 Å². The van der Waals surface area contributed by atoms with Gasteiger partial charge in [0.25, 0.3) is 5.56 Å². The Morgan fingerprint density at radius 1 is 1.09 bits per heavy atom. The number of hydrogen-bond acceptors (Lipinski definition) is 4. The van der Waals surface area contributed by atoms with E-state index in [1.54, 1.807) is 23.0 Å². The number of rotatable bonds is 4. The van der Waals surface area contributed by atoms with Crippen molar-refractivity contribution in [1.82, 2.24) is 20.0 Å². The molecule has 5 heteroatoms. The number of likely N-dealkylation sites (tertiary alicyclic amines) is 1. The lowest BCUT2D eigenvalue weighted by molar-refractivity contribution is 0.148. The van der Waals surface area contributed by atoms with Gasteiger partial charge in [0.2, 0.25) is 0 Å². The predicted molar refractivity (Wildman–Crippen MR) is 92.7 cm³/mol. The Kier molecular flexibility index (Phi) is 5.49. The van der Waals surface area contributed by atoms with Gasteiger partial charge in [0.1, 0.15) is 0 Å². The SMILES string of the molecule is CC(C)N1CCC(NC2CCC(n3ncccc3=O)CC2)CC1. The summed E-state index contributed by atoms with van der Waals surface area (Å²) in [6, 6.07) is 5.56. The lowest BCUT2D eigenvalue weighted by atomic mass is 9.90. The summed E-state index contributed by atoms with van der Waals surface area (Å²) in [5.74, 6) is 0. The van der Waals surface area contributed by atoms with Crippen LogP contribution in [-0.2, 0) is 0 Å². The van der Waals surface area contributed by atoms with E-state index in [0.29, 0.717) is 18.1 Å². The van der Waals surface area contributed by atoms with E-state index in [2.05, 4.69) is 29.2 Å². The Hall–Kier alpha value is -1.20. The molecule has 2 aliphatic rings. The quantitative estimate of drug-likeness (QED) is 0.924. The third kappa shape index (κ3) is 4.21. The number of nitrogens with zero attached hydrogens (tertiary/aromatic N) is 3. The van der Waals surface area contributed by atoms with Crippen LogP contribution in [0.3, 0.4) is 0 Å². The van der Waals surface area contributed by atoms with Crippen molar-refractivity contribution in [2.45, 2.75) is 76.5 Å². The van der Waals surface area contributed by atoms with Gasteiger partial charge in [-0.3, -0.25) is 4.79 Å². The van der Waals surface area contributed by atoms with E-state index in [4.69, 9.17) is 0 Å². The van der Waals surface area contributed by atoms with Gasteiger partial charge in [-0.2, -0.15) is 5.10 Å². The first kappa shape index (κ1) is 16.7. The summed E-state index contributed by atoms with van der Waals surface area (Å²) in [7, 11) is 0. The van der Waals surface area contributed by atoms with Crippen molar-refractivity contribution in [3.63, 3.8) is 0 Å². The average molecular weight is 318 g/mol. The van der Waals surface area contributed by atoms with Crippen LogP contribution < -0.4 is 10.9 Å². The number of piperidine rings is 1. The van der Waals surface area contributed by atoms with Crippen LogP contribution >= 0.6 is 0 Å². The molecule has 1 aliphatic heterocycles. The summed E-state index contributed by atoms with van der Waals surface area (Å²) < 4.78 is 1.68. The Morgan fingerprint density at radius 3 is 2.35 bits per heavy atom. The second-order valence-corrected chi connectivity index (χ2v) is 7.38. The van der Waals surface area contributed by atoms with Gasteiger partial charge in [-0.05, 0) is 71.5 Å². The molecule has 1 aromatic heterocycles. The molecule has 2 heterocycles. The fraction of sp³-hybridized carbons (Fsp3) is 0.778. The summed E-state index contributed by atoms with van der Waals surface area (Å²) in [5.41, 5.74) is 0.0324. The molecule has 1 aliphatic carbocycles. The second kappa shape index (κ2) is 7.58. The van der Waals surface area contributed by atoms with Gasteiger partial charge in [0.05, 0.1) is 6.04 Å². The van der Waals surface area contributed by atoms with Gasteiger partial charge in [-0.25, -0.2) is 4.68 Å². The molecular formula is C18H30N4O. The van der Waals surface area contributed by atoms with Crippen molar-refractivity contribution in [3.05, 3.63) is 28.7 Å². The van der Waals surface area contributed by atoms with E-state index < -0.39 is 0 Å². The Balaban J connectivity index is 1.45. The lowest BCUT2D eigenvalue weighted by Crippen LogP contribution is -2.48. The molecule has 0 amide bonds. The maximum atomic E-state index is 11.9. The predicted octanol–water partition coefficient (Wildman–Crippen LogP) is 2.19. The maximum absolute atomic E-state index is 11.9. The number of aromatic nitrogens is 2. The molecule has 0 bridgehead atoms. The Morgan fingerprint density at radius 2 is 1.74 bits per heavy atom. The molecule has 128 valence electrons. The molecule has 3 rings (SSSR count). The maximum Gasteiger partial charge on any atom is 0.266 e. The highest BCUT2D eigenvalue weighted by molar-refractivity contribution is 4.90. The largest absolute Gasteiger partial charge is 0.311 e. The highest BCUT2D eigenvalue weighted by Gasteiger charge is 2.27. The number of nitrogens with one attached hydrogen (secondary N) is 1. The van der Waals surface area contributed by atoms with Crippen molar-refractivity contribution < 1.29 is 0 Å². The third-order valence-electron chi connectivity index (χ3n) is 5.52. The van der Waals surface area contributed by atoms with Gasteiger partial charge in [0, 0.05) is 30.4 Å². The molecule has 1 saturated heterocycles. The van der Waals surface area contributed by atoms with Crippen LogP contribution in [0.4, 0.5) is 0 Å². The van der Waals surface area contributed by atoms with Crippen LogP contribution in [0, 0.1) is 0 Å². The van der Waals surface area contributed by atoms with Crippen molar-refractivity contribution in [2.75, 3.05) is 13.1 Å². The van der Waals surface area contributed by atoms with Crippen LogP contribution in [0.5, 0.6) is 0 Å². The van der Waals surface area contributed by atoms with E-state index in [0.717, 1.165) is 25.7 Å². The van der Waals surface area contributed by atoms with Crippen molar-refractivity contribution in [1.29, 1.82) is 0 Å². The van der Waals surface area contributed by atoms with Gasteiger partial charge < -0.3 is 10.2 Å². The molecular weight excluding hydrogens is 288 g/mol. The minimum absolute atomic E-state index is 0.0324. The Labute approximate surface area is 139 Å². The fourth-order valence-electron chi connectivity index (χ4n) is 4.05. The summed E-state index contributed by atoms with van der Waals surface area (Å²) in [6.07, 6.45) is 8.65. The topological polar surface area (TPSA) is 50.2 Å². The summed E-state index contributed by atoms with van der Waals surface area (Å²) in [6.45, 7) is 7.01. The molecule has 0 aromatic carbocycles. The lowest BCUT2D eigenvalue weighted by Gasteiger charge is -2.38. The standard InChI is InChI=1S/C18H30N4O/c1-14(2)21-12-9-16(10-13-21)20-15-5-7-17(8-6-15)22-18(23)4-3-11-19-22/h3-4,11,14-17,20H,5-10,12-13H2,1-2H3. The van der Waals surface area contributed by atoms with Crippen LogP contribution in [-0.4, -0.2) is 45.9 Å². The first-order valence-corrected chi connectivity index (χ1v) is 9.17. The van der Waals surface area contributed by atoms with Gasteiger partial charge in [0.15, 0.2) is 0 Å². The van der Waals surface area contributed by atoms with Crippen LogP contribution in [0.1, 0.15) is 58.4 Å². The normalized spacial score (nSPS) is 27.4. The smallest absolute Gasteiger partial charge is 0.266 e. The molecule has 1 N–H and O–H groups in total. The van der Waals surface area contributed by atoms with E-state index in [1.807, 2.05) is 0 Å². The molecule has 0 unspecified atom stereocenters. The fourth-order valence-corrected chi connectivity index (χ4v) is 4.05. The van der Waals surface area contributed by atoms with E-state index in [-0.39, 0.29) is 11.6 Å². The van der Waals surface area contributed by atoms with E-state index in [1.165, 1.54) is 25.9 Å². The molecule has 23 heavy (non-hydrogen) atoms. The van der Waals surface area contributed by atoms with E-state index >= 15 is 0 Å². The minimum atomic E-state index is 0.0324. The highest BCUT2D eigenvalue weighted by atomic mass is 16.1. The van der Waals surface area contributed by atoms with Gasteiger partial charge >= 0.3 is 0 Å². The van der Waals surface area contributed by atoms with Crippen LogP contribution in [0.25, 0.3) is 0 Å². The van der Waals surface area contributed by atoms with Gasteiger partial charge in [-0.15, -0.1) is 0 Å².